The predicted octanol–water partition coefficient (Wildman–Crippen LogP) is 1.67. The molecule has 0 fully saturated rings. The molecule has 0 amide bonds. The molecule has 0 aliphatic rings. The quantitative estimate of drug-likeness (QED) is 0.714. The lowest BCUT2D eigenvalue weighted by Gasteiger charge is -2.10. The minimum atomic E-state index is -0.442. The molecule has 0 aliphatic carbocycles. The first kappa shape index (κ1) is 13.5. The van der Waals surface area contributed by atoms with Gasteiger partial charge in [-0.1, -0.05) is 12.1 Å². The molecule has 0 bridgehead atoms. The summed E-state index contributed by atoms with van der Waals surface area (Å²) in [5, 5.41) is 18.5. The van der Waals surface area contributed by atoms with Gasteiger partial charge in [-0.3, -0.25) is 0 Å². The fourth-order valence-electron chi connectivity index (χ4n) is 1.23. The van der Waals surface area contributed by atoms with Crippen molar-refractivity contribution < 1.29 is 14.9 Å². The lowest BCUT2D eigenvalue weighted by atomic mass is 10.2. The van der Waals surface area contributed by atoms with E-state index >= 15 is 0 Å². The van der Waals surface area contributed by atoms with E-state index in [0.29, 0.717) is 19.0 Å². The maximum atomic E-state index is 9.57. The highest BCUT2D eigenvalue weighted by atomic mass is 32.2. The standard InChI is InChI=1S/C12H18O3S/c1-2-15-8-11(14)9-16-12-5-3-4-10(6-12)7-13/h3-6,11,13-14H,2,7-9H2,1H3. The van der Waals surface area contributed by atoms with Crippen LogP contribution in [0.5, 0.6) is 0 Å². The molecule has 1 aromatic carbocycles. The molecule has 3 nitrogen and oxygen atoms in total. The maximum Gasteiger partial charge on any atom is 0.0867 e. The van der Waals surface area contributed by atoms with Gasteiger partial charge in [0.25, 0.3) is 0 Å². The van der Waals surface area contributed by atoms with Gasteiger partial charge >= 0.3 is 0 Å². The molecule has 0 saturated heterocycles. The number of rotatable bonds is 7. The Hall–Kier alpha value is -0.550. The summed E-state index contributed by atoms with van der Waals surface area (Å²) in [6.45, 7) is 2.96. The first-order valence-electron chi connectivity index (χ1n) is 5.34. The molecule has 0 radical (unpaired) electrons. The average molecular weight is 242 g/mol. The van der Waals surface area contributed by atoms with Gasteiger partial charge in [0.05, 0.1) is 19.3 Å². The first-order chi connectivity index (χ1) is 7.76. The van der Waals surface area contributed by atoms with Crippen molar-refractivity contribution in [3.63, 3.8) is 0 Å². The van der Waals surface area contributed by atoms with Gasteiger partial charge < -0.3 is 14.9 Å². The van der Waals surface area contributed by atoms with Crippen LogP contribution >= 0.6 is 11.8 Å². The second kappa shape index (κ2) is 7.68. The zero-order valence-corrected chi connectivity index (χ0v) is 10.2. The average Bonchev–Trinajstić information content (AvgIpc) is 2.34. The minimum absolute atomic E-state index is 0.0515. The molecule has 1 unspecified atom stereocenters. The Morgan fingerprint density at radius 2 is 2.25 bits per heavy atom. The van der Waals surface area contributed by atoms with Crippen LogP contribution in [-0.2, 0) is 11.3 Å². The number of hydrogen-bond donors (Lipinski definition) is 2. The zero-order valence-electron chi connectivity index (χ0n) is 9.43. The fraction of sp³-hybridized carbons (Fsp3) is 0.500. The van der Waals surface area contributed by atoms with Crippen LogP contribution in [0, 0.1) is 0 Å². The molecule has 0 saturated carbocycles. The molecular weight excluding hydrogens is 224 g/mol. The van der Waals surface area contributed by atoms with Gasteiger partial charge in [0.1, 0.15) is 0 Å². The second-order valence-corrected chi connectivity index (χ2v) is 4.52. The van der Waals surface area contributed by atoms with E-state index in [2.05, 4.69) is 0 Å². The SMILES string of the molecule is CCOCC(O)CSc1cccc(CO)c1. The van der Waals surface area contributed by atoms with Gasteiger partial charge in [0.15, 0.2) is 0 Å². The lowest BCUT2D eigenvalue weighted by molar-refractivity contribution is 0.0551. The molecule has 0 aliphatic heterocycles. The van der Waals surface area contributed by atoms with Crippen LogP contribution in [0.2, 0.25) is 0 Å². The number of aliphatic hydroxyl groups is 2. The van der Waals surface area contributed by atoms with E-state index in [4.69, 9.17) is 9.84 Å². The summed E-state index contributed by atoms with van der Waals surface area (Å²) in [4.78, 5) is 1.06. The second-order valence-electron chi connectivity index (χ2n) is 3.43. The monoisotopic (exact) mass is 242 g/mol. The van der Waals surface area contributed by atoms with Crippen molar-refractivity contribution in [1.29, 1.82) is 0 Å². The van der Waals surface area contributed by atoms with Crippen LogP contribution in [0.4, 0.5) is 0 Å². The highest BCUT2D eigenvalue weighted by Gasteiger charge is 2.05. The van der Waals surface area contributed by atoms with Crippen molar-refractivity contribution in [1.82, 2.24) is 0 Å². The third-order valence-electron chi connectivity index (χ3n) is 2.04. The summed E-state index contributed by atoms with van der Waals surface area (Å²) in [7, 11) is 0. The van der Waals surface area contributed by atoms with E-state index in [1.54, 1.807) is 11.8 Å². The highest BCUT2D eigenvalue weighted by molar-refractivity contribution is 7.99. The Kier molecular flexibility index (Phi) is 6.49. The number of benzene rings is 1. The van der Waals surface area contributed by atoms with Gasteiger partial charge in [-0.05, 0) is 24.6 Å². The molecule has 1 atom stereocenters. The third kappa shape index (κ3) is 4.99. The van der Waals surface area contributed by atoms with Crippen molar-refractivity contribution >= 4 is 11.8 Å². The van der Waals surface area contributed by atoms with Crippen LogP contribution < -0.4 is 0 Å². The van der Waals surface area contributed by atoms with Crippen molar-refractivity contribution in [3.05, 3.63) is 29.8 Å². The molecule has 0 heterocycles. The molecule has 1 aromatic rings. The van der Waals surface area contributed by atoms with E-state index in [1.165, 1.54) is 0 Å². The molecule has 0 aromatic heterocycles. The Morgan fingerprint density at radius 3 is 2.94 bits per heavy atom. The first-order valence-corrected chi connectivity index (χ1v) is 6.33. The maximum absolute atomic E-state index is 9.57. The predicted molar refractivity (Wildman–Crippen MR) is 65.6 cm³/mol. The summed E-state index contributed by atoms with van der Waals surface area (Å²) >= 11 is 1.57. The van der Waals surface area contributed by atoms with Crippen molar-refractivity contribution in [2.24, 2.45) is 0 Å². The third-order valence-corrected chi connectivity index (χ3v) is 3.18. The zero-order chi connectivity index (χ0) is 11.8. The van der Waals surface area contributed by atoms with E-state index in [1.807, 2.05) is 31.2 Å². The van der Waals surface area contributed by atoms with Crippen LogP contribution in [-0.4, -0.2) is 35.3 Å². The number of aliphatic hydroxyl groups excluding tert-OH is 2. The van der Waals surface area contributed by atoms with E-state index in [-0.39, 0.29) is 6.61 Å². The molecule has 90 valence electrons. The summed E-state index contributed by atoms with van der Waals surface area (Å²) < 4.78 is 5.13. The molecule has 1 rings (SSSR count). The number of thioether (sulfide) groups is 1. The molecule has 2 N–H and O–H groups in total. The van der Waals surface area contributed by atoms with Crippen molar-refractivity contribution in [3.8, 4) is 0 Å². The number of hydrogen-bond acceptors (Lipinski definition) is 4. The fourth-order valence-corrected chi connectivity index (χ4v) is 2.12. The van der Waals surface area contributed by atoms with Crippen LogP contribution in [0.15, 0.2) is 29.2 Å². The highest BCUT2D eigenvalue weighted by Crippen LogP contribution is 2.20. The summed E-state index contributed by atoms with van der Waals surface area (Å²) in [6.07, 6.45) is -0.442. The van der Waals surface area contributed by atoms with E-state index in [9.17, 15) is 5.11 Å². The normalized spacial score (nSPS) is 12.7. The van der Waals surface area contributed by atoms with Gasteiger partial charge in [0, 0.05) is 17.3 Å². The Balaban J connectivity index is 2.35. The number of ether oxygens (including phenoxy) is 1. The van der Waals surface area contributed by atoms with Gasteiger partial charge in [-0.2, -0.15) is 0 Å². The summed E-state index contributed by atoms with van der Waals surface area (Å²) in [5.74, 6) is 0.606. The summed E-state index contributed by atoms with van der Waals surface area (Å²) in [6, 6.07) is 7.68. The van der Waals surface area contributed by atoms with Crippen molar-refractivity contribution in [2.75, 3.05) is 19.0 Å². The Labute approximate surface area is 100 Å². The largest absolute Gasteiger partial charge is 0.392 e. The van der Waals surface area contributed by atoms with Gasteiger partial charge in [0.2, 0.25) is 0 Å². The van der Waals surface area contributed by atoms with Crippen molar-refractivity contribution in [2.45, 2.75) is 24.5 Å². The van der Waals surface area contributed by atoms with Crippen LogP contribution in [0.25, 0.3) is 0 Å². The lowest BCUT2D eigenvalue weighted by Crippen LogP contribution is -2.17. The topological polar surface area (TPSA) is 49.7 Å². The Morgan fingerprint density at radius 1 is 1.44 bits per heavy atom. The summed E-state index contributed by atoms with van der Waals surface area (Å²) in [5.41, 5.74) is 0.893. The molecule has 0 spiro atoms. The smallest absolute Gasteiger partial charge is 0.0867 e. The molecule has 4 heteroatoms. The van der Waals surface area contributed by atoms with Gasteiger partial charge in [-0.25, -0.2) is 0 Å². The molecule has 16 heavy (non-hydrogen) atoms. The van der Waals surface area contributed by atoms with E-state index in [0.717, 1.165) is 10.5 Å². The Bertz CT molecular complexity index is 304. The van der Waals surface area contributed by atoms with E-state index < -0.39 is 6.10 Å². The van der Waals surface area contributed by atoms with Gasteiger partial charge in [-0.15, -0.1) is 11.8 Å². The minimum Gasteiger partial charge on any atom is -0.392 e. The van der Waals surface area contributed by atoms with Crippen LogP contribution in [0.3, 0.4) is 0 Å². The van der Waals surface area contributed by atoms with Crippen LogP contribution in [0.1, 0.15) is 12.5 Å². The molecular formula is C12H18O3S.